The van der Waals surface area contributed by atoms with Gasteiger partial charge in [0.05, 0.1) is 67.7 Å². The highest BCUT2D eigenvalue weighted by Gasteiger charge is 2.16. The number of quaternary nitrogens is 2. The van der Waals surface area contributed by atoms with Gasteiger partial charge in [0, 0.05) is 27.1 Å². The predicted octanol–water partition coefficient (Wildman–Crippen LogP) is 1.23. The monoisotopic (exact) mass is 306 g/mol. The van der Waals surface area contributed by atoms with E-state index in [0.29, 0.717) is 0 Å². The van der Waals surface area contributed by atoms with Gasteiger partial charge in [-0.2, -0.15) is 0 Å². The van der Waals surface area contributed by atoms with Gasteiger partial charge in [0.1, 0.15) is 13.1 Å². The van der Waals surface area contributed by atoms with E-state index in [4.69, 9.17) is 14.2 Å². The standard InChI is InChI=1S/C16H38N2O3/c1-17(2,9-7-13-19-5)11-15-21-16-12-18(3,4)10-8-14-20-6/h7-16H2,1-6H3/q+2. The van der Waals surface area contributed by atoms with Crippen molar-refractivity contribution in [2.24, 2.45) is 0 Å². The molecule has 0 aliphatic rings. The lowest BCUT2D eigenvalue weighted by Gasteiger charge is -2.31. The predicted molar refractivity (Wildman–Crippen MR) is 87.5 cm³/mol. The molecule has 0 spiro atoms. The quantitative estimate of drug-likeness (QED) is 0.357. The molecule has 0 rings (SSSR count). The zero-order chi connectivity index (χ0) is 16.2. The molecular formula is C16H38N2O3+2. The van der Waals surface area contributed by atoms with Crippen LogP contribution >= 0.6 is 0 Å². The van der Waals surface area contributed by atoms with E-state index in [0.717, 1.165) is 74.4 Å². The third kappa shape index (κ3) is 13.2. The van der Waals surface area contributed by atoms with Crippen LogP contribution in [-0.2, 0) is 14.2 Å². The van der Waals surface area contributed by atoms with Crippen molar-refractivity contribution in [3.05, 3.63) is 0 Å². The van der Waals surface area contributed by atoms with Gasteiger partial charge in [-0.1, -0.05) is 0 Å². The molecule has 0 fully saturated rings. The molecule has 0 N–H and O–H groups in total. The molecule has 21 heavy (non-hydrogen) atoms. The average Bonchev–Trinajstić information content (AvgIpc) is 2.38. The number of nitrogens with zero attached hydrogens (tertiary/aromatic N) is 2. The van der Waals surface area contributed by atoms with Crippen LogP contribution in [0.5, 0.6) is 0 Å². The second-order valence-corrected chi connectivity index (χ2v) is 7.07. The molecule has 0 aliphatic carbocycles. The van der Waals surface area contributed by atoms with Gasteiger partial charge in [-0.15, -0.1) is 0 Å². The Kier molecular flexibility index (Phi) is 11.3. The fraction of sp³-hybridized carbons (Fsp3) is 1.00. The Morgan fingerprint density at radius 2 is 0.952 bits per heavy atom. The summed E-state index contributed by atoms with van der Waals surface area (Å²) in [5.74, 6) is 0. The molecule has 0 aromatic heterocycles. The van der Waals surface area contributed by atoms with Crippen molar-refractivity contribution in [1.82, 2.24) is 0 Å². The molecular weight excluding hydrogens is 268 g/mol. The first-order chi connectivity index (χ1) is 9.83. The minimum Gasteiger partial charge on any atom is -0.384 e. The Labute approximate surface area is 131 Å². The van der Waals surface area contributed by atoms with E-state index >= 15 is 0 Å². The molecule has 5 heteroatoms. The molecule has 0 atom stereocenters. The van der Waals surface area contributed by atoms with Gasteiger partial charge >= 0.3 is 0 Å². The zero-order valence-corrected chi connectivity index (χ0v) is 15.2. The number of hydrogen-bond donors (Lipinski definition) is 0. The van der Waals surface area contributed by atoms with Gasteiger partial charge < -0.3 is 23.2 Å². The topological polar surface area (TPSA) is 27.7 Å². The third-order valence-electron chi connectivity index (χ3n) is 3.91. The molecule has 0 amide bonds. The SMILES string of the molecule is COCCC[N+](C)(C)CCOCC[N+](C)(C)CCCOC. The fourth-order valence-corrected chi connectivity index (χ4v) is 2.22. The lowest BCUT2D eigenvalue weighted by molar-refractivity contribution is -0.894. The van der Waals surface area contributed by atoms with Gasteiger partial charge in [0.2, 0.25) is 0 Å². The van der Waals surface area contributed by atoms with E-state index < -0.39 is 0 Å². The summed E-state index contributed by atoms with van der Waals surface area (Å²) in [6.45, 7) is 7.73. The lowest BCUT2D eigenvalue weighted by atomic mass is 10.3. The Balaban J connectivity index is 3.65. The van der Waals surface area contributed by atoms with Crippen molar-refractivity contribution in [3.63, 3.8) is 0 Å². The molecule has 0 bridgehead atoms. The van der Waals surface area contributed by atoms with Crippen LogP contribution in [0.2, 0.25) is 0 Å². The molecule has 128 valence electrons. The highest BCUT2D eigenvalue weighted by molar-refractivity contribution is 4.40. The summed E-state index contributed by atoms with van der Waals surface area (Å²) >= 11 is 0. The molecule has 0 aromatic carbocycles. The molecule has 0 saturated carbocycles. The number of likely N-dealkylation sites (N-methyl/N-ethyl adjacent to an activating group) is 2. The summed E-state index contributed by atoms with van der Waals surface area (Å²) in [6.07, 6.45) is 2.21. The number of methoxy groups -OCH3 is 2. The second kappa shape index (κ2) is 11.4. The molecule has 0 unspecified atom stereocenters. The van der Waals surface area contributed by atoms with Crippen LogP contribution in [0.15, 0.2) is 0 Å². The number of hydrogen-bond acceptors (Lipinski definition) is 3. The Morgan fingerprint density at radius 3 is 1.29 bits per heavy atom. The van der Waals surface area contributed by atoms with Crippen LogP contribution < -0.4 is 0 Å². The largest absolute Gasteiger partial charge is 0.384 e. The average molecular weight is 306 g/mol. The van der Waals surface area contributed by atoms with Crippen LogP contribution in [0.1, 0.15) is 12.8 Å². The van der Waals surface area contributed by atoms with E-state index in [1.165, 1.54) is 0 Å². The summed E-state index contributed by atoms with van der Waals surface area (Å²) in [5.41, 5.74) is 0. The Morgan fingerprint density at radius 1 is 0.571 bits per heavy atom. The van der Waals surface area contributed by atoms with Crippen LogP contribution in [0.3, 0.4) is 0 Å². The minimum atomic E-state index is 0.831. The fourth-order valence-electron chi connectivity index (χ4n) is 2.22. The maximum Gasteiger partial charge on any atom is 0.102 e. The molecule has 0 saturated heterocycles. The smallest absolute Gasteiger partial charge is 0.102 e. The van der Waals surface area contributed by atoms with Gasteiger partial charge in [-0.05, 0) is 0 Å². The molecule has 0 aromatic rings. The van der Waals surface area contributed by atoms with E-state index in [9.17, 15) is 0 Å². The Hall–Kier alpha value is -0.200. The van der Waals surface area contributed by atoms with Gasteiger partial charge in [-0.3, -0.25) is 0 Å². The minimum absolute atomic E-state index is 0.831. The maximum atomic E-state index is 5.82. The zero-order valence-electron chi connectivity index (χ0n) is 15.2. The summed E-state index contributed by atoms with van der Waals surface area (Å²) in [5, 5.41) is 0. The summed E-state index contributed by atoms with van der Waals surface area (Å²) < 4.78 is 18.0. The summed E-state index contributed by atoms with van der Waals surface area (Å²) in [6, 6.07) is 0. The van der Waals surface area contributed by atoms with E-state index in [-0.39, 0.29) is 0 Å². The first-order valence-corrected chi connectivity index (χ1v) is 8.02. The van der Waals surface area contributed by atoms with Crippen LogP contribution in [-0.4, -0.2) is 104 Å². The molecule has 5 nitrogen and oxygen atoms in total. The molecule has 0 aliphatic heterocycles. The second-order valence-electron chi connectivity index (χ2n) is 7.07. The van der Waals surface area contributed by atoms with E-state index in [1.807, 2.05) is 0 Å². The van der Waals surface area contributed by atoms with E-state index in [2.05, 4.69) is 28.2 Å². The van der Waals surface area contributed by atoms with Gasteiger partial charge in [0.25, 0.3) is 0 Å². The van der Waals surface area contributed by atoms with Crippen LogP contribution in [0.25, 0.3) is 0 Å². The van der Waals surface area contributed by atoms with Crippen molar-refractivity contribution in [1.29, 1.82) is 0 Å². The summed E-state index contributed by atoms with van der Waals surface area (Å²) in [4.78, 5) is 0. The highest BCUT2D eigenvalue weighted by Crippen LogP contribution is 2.02. The highest BCUT2D eigenvalue weighted by atomic mass is 16.5. The van der Waals surface area contributed by atoms with Crippen molar-refractivity contribution < 1.29 is 23.2 Å². The third-order valence-corrected chi connectivity index (χ3v) is 3.91. The first kappa shape index (κ1) is 20.8. The van der Waals surface area contributed by atoms with Gasteiger partial charge in [0.15, 0.2) is 0 Å². The normalized spacial score (nSPS) is 12.9. The van der Waals surface area contributed by atoms with Crippen molar-refractivity contribution in [2.45, 2.75) is 12.8 Å². The Bertz CT molecular complexity index is 222. The molecule has 0 heterocycles. The lowest BCUT2D eigenvalue weighted by Crippen LogP contribution is -2.45. The van der Waals surface area contributed by atoms with Crippen LogP contribution in [0.4, 0.5) is 0 Å². The maximum absolute atomic E-state index is 5.82. The number of ether oxygens (including phenoxy) is 3. The van der Waals surface area contributed by atoms with Crippen molar-refractivity contribution in [3.8, 4) is 0 Å². The molecule has 0 radical (unpaired) electrons. The van der Waals surface area contributed by atoms with Gasteiger partial charge in [-0.25, -0.2) is 0 Å². The van der Waals surface area contributed by atoms with Crippen molar-refractivity contribution in [2.75, 3.05) is 95.0 Å². The van der Waals surface area contributed by atoms with E-state index in [1.54, 1.807) is 14.2 Å². The summed E-state index contributed by atoms with van der Waals surface area (Å²) in [7, 11) is 12.5. The number of rotatable bonds is 14. The van der Waals surface area contributed by atoms with Crippen molar-refractivity contribution >= 4 is 0 Å². The van der Waals surface area contributed by atoms with Crippen LogP contribution in [0, 0.1) is 0 Å². The first-order valence-electron chi connectivity index (χ1n) is 8.02.